The predicted octanol–water partition coefficient (Wildman–Crippen LogP) is 0.638. The molecule has 1 N–H and O–H groups in total. The molecule has 2 amide bonds. The molecule has 1 aromatic carbocycles. The van der Waals surface area contributed by atoms with E-state index in [9.17, 15) is 9.59 Å². The van der Waals surface area contributed by atoms with Gasteiger partial charge in [0.15, 0.2) is 0 Å². The molecule has 1 aromatic rings. The fourth-order valence-electron chi connectivity index (χ4n) is 2.60. The summed E-state index contributed by atoms with van der Waals surface area (Å²) in [6.07, 6.45) is 0. The van der Waals surface area contributed by atoms with Crippen molar-refractivity contribution < 1.29 is 9.59 Å². The molecular formula is C15H21N3O2. The Hall–Kier alpha value is -1.88. The fraction of sp³-hybridized carbons (Fsp3) is 0.467. The summed E-state index contributed by atoms with van der Waals surface area (Å²) < 4.78 is 0. The molecule has 0 radical (unpaired) electrons. The Kier molecular flexibility index (Phi) is 4.74. The summed E-state index contributed by atoms with van der Waals surface area (Å²) in [4.78, 5) is 27.3. The molecule has 0 aromatic heterocycles. The zero-order valence-corrected chi connectivity index (χ0v) is 12.0. The lowest BCUT2D eigenvalue weighted by atomic mass is 10.0. The van der Waals surface area contributed by atoms with Crippen LogP contribution in [0.15, 0.2) is 30.3 Å². The summed E-state index contributed by atoms with van der Waals surface area (Å²) in [5.41, 5.74) is 1.12. The van der Waals surface area contributed by atoms with E-state index >= 15 is 0 Å². The first-order chi connectivity index (χ1) is 9.61. The number of carbonyl (C=O) groups is 2. The van der Waals surface area contributed by atoms with E-state index in [-0.39, 0.29) is 17.9 Å². The van der Waals surface area contributed by atoms with Crippen LogP contribution in [0.5, 0.6) is 0 Å². The molecule has 5 nitrogen and oxygen atoms in total. The maximum Gasteiger partial charge on any atom is 0.233 e. The Morgan fingerprint density at radius 3 is 2.55 bits per heavy atom. The Labute approximate surface area is 119 Å². The Morgan fingerprint density at radius 1 is 1.25 bits per heavy atom. The van der Waals surface area contributed by atoms with Crippen molar-refractivity contribution >= 4 is 11.8 Å². The molecule has 1 saturated heterocycles. The highest BCUT2D eigenvalue weighted by atomic mass is 16.2. The van der Waals surface area contributed by atoms with Crippen LogP contribution in [0.25, 0.3) is 0 Å². The van der Waals surface area contributed by atoms with Gasteiger partial charge in [0.1, 0.15) is 0 Å². The molecular weight excluding hydrogens is 254 g/mol. The van der Waals surface area contributed by atoms with Gasteiger partial charge < -0.3 is 10.2 Å². The topological polar surface area (TPSA) is 52.7 Å². The molecule has 1 aliphatic heterocycles. The first-order valence-electron chi connectivity index (χ1n) is 6.87. The molecule has 2 rings (SSSR count). The number of benzene rings is 1. The number of carbonyl (C=O) groups excluding carboxylic acids is 2. The van der Waals surface area contributed by atoms with Gasteiger partial charge in [-0.25, -0.2) is 0 Å². The van der Waals surface area contributed by atoms with E-state index in [4.69, 9.17) is 0 Å². The number of rotatable bonds is 3. The van der Waals surface area contributed by atoms with Gasteiger partial charge in [-0.3, -0.25) is 14.5 Å². The van der Waals surface area contributed by atoms with Crippen LogP contribution in [-0.2, 0) is 9.59 Å². The number of piperazine rings is 1. The number of hydrogen-bond acceptors (Lipinski definition) is 3. The van der Waals surface area contributed by atoms with Crippen molar-refractivity contribution in [2.45, 2.75) is 13.0 Å². The molecule has 1 fully saturated rings. The summed E-state index contributed by atoms with van der Waals surface area (Å²) in [7, 11) is 1.64. The SMILES string of the molecule is CNC(=O)CN1CCN(C(C)=O)[C@H](c2ccccc2)C1. The lowest BCUT2D eigenvalue weighted by Crippen LogP contribution is -2.52. The summed E-state index contributed by atoms with van der Waals surface area (Å²) in [6, 6.07) is 10.0. The van der Waals surface area contributed by atoms with Crippen LogP contribution < -0.4 is 5.32 Å². The van der Waals surface area contributed by atoms with Crippen molar-refractivity contribution in [2.75, 3.05) is 33.2 Å². The molecule has 0 spiro atoms. The van der Waals surface area contributed by atoms with Gasteiger partial charge in [-0.05, 0) is 5.56 Å². The maximum atomic E-state index is 11.8. The van der Waals surface area contributed by atoms with Crippen molar-refractivity contribution in [3.8, 4) is 0 Å². The van der Waals surface area contributed by atoms with Crippen LogP contribution >= 0.6 is 0 Å². The van der Waals surface area contributed by atoms with E-state index in [1.165, 1.54) is 0 Å². The van der Waals surface area contributed by atoms with E-state index in [0.29, 0.717) is 19.6 Å². The average molecular weight is 275 g/mol. The Morgan fingerprint density at radius 2 is 1.95 bits per heavy atom. The van der Waals surface area contributed by atoms with Crippen LogP contribution in [0.3, 0.4) is 0 Å². The molecule has 0 bridgehead atoms. The van der Waals surface area contributed by atoms with E-state index < -0.39 is 0 Å². The van der Waals surface area contributed by atoms with Gasteiger partial charge in [0.25, 0.3) is 0 Å². The molecule has 1 atom stereocenters. The van der Waals surface area contributed by atoms with Gasteiger partial charge in [0, 0.05) is 33.6 Å². The second-order valence-electron chi connectivity index (χ2n) is 5.05. The number of hydrogen-bond donors (Lipinski definition) is 1. The van der Waals surface area contributed by atoms with Gasteiger partial charge in [-0.1, -0.05) is 30.3 Å². The third-order valence-electron chi connectivity index (χ3n) is 3.70. The zero-order valence-electron chi connectivity index (χ0n) is 12.0. The molecule has 0 aliphatic carbocycles. The predicted molar refractivity (Wildman–Crippen MR) is 77.1 cm³/mol. The van der Waals surface area contributed by atoms with Crippen molar-refractivity contribution in [3.05, 3.63) is 35.9 Å². The lowest BCUT2D eigenvalue weighted by molar-refractivity contribution is -0.134. The number of likely N-dealkylation sites (N-methyl/N-ethyl adjacent to an activating group) is 1. The quantitative estimate of drug-likeness (QED) is 0.880. The largest absolute Gasteiger partial charge is 0.358 e. The van der Waals surface area contributed by atoms with E-state index in [2.05, 4.69) is 10.2 Å². The van der Waals surface area contributed by atoms with Crippen molar-refractivity contribution in [1.29, 1.82) is 0 Å². The monoisotopic (exact) mass is 275 g/mol. The summed E-state index contributed by atoms with van der Waals surface area (Å²) in [5.74, 6) is 0.0894. The lowest BCUT2D eigenvalue weighted by Gasteiger charge is -2.41. The minimum Gasteiger partial charge on any atom is -0.358 e. The summed E-state index contributed by atoms with van der Waals surface area (Å²) in [5, 5.41) is 2.64. The smallest absolute Gasteiger partial charge is 0.233 e. The standard InChI is InChI=1S/C15H21N3O2/c1-12(19)18-9-8-17(11-15(20)16-2)10-14(18)13-6-4-3-5-7-13/h3-7,14H,8-11H2,1-2H3,(H,16,20)/t14-/m0/s1. The molecule has 5 heteroatoms. The first-order valence-corrected chi connectivity index (χ1v) is 6.87. The van der Waals surface area contributed by atoms with Crippen molar-refractivity contribution in [1.82, 2.24) is 15.1 Å². The molecule has 0 unspecified atom stereocenters. The maximum absolute atomic E-state index is 11.8. The molecule has 1 heterocycles. The first kappa shape index (κ1) is 14.5. The second kappa shape index (κ2) is 6.52. The fourth-order valence-corrected chi connectivity index (χ4v) is 2.60. The van der Waals surface area contributed by atoms with Crippen LogP contribution in [-0.4, -0.2) is 54.8 Å². The van der Waals surface area contributed by atoms with E-state index in [1.54, 1.807) is 14.0 Å². The second-order valence-corrected chi connectivity index (χ2v) is 5.05. The van der Waals surface area contributed by atoms with Gasteiger partial charge in [0.2, 0.25) is 11.8 Å². The summed E-state index contributed by atoms with van der Waals surface area (Å²) in [6.45, 7) is 4.06. The van der Waals surface area contributed by atoms with Crippen molar-refractivity contribution in [2.24, 2.45) is 0 Å². The van der Waals surface area contributed by atoms with Gasteiger partial charge >= 0.3 is 0 Å². The van der Waals surface area contributed by atoms with Crippen molar-refractivity contribution in [3.63, 3.8) is 0 Å². The highest BCUT2D eigenvalue weighted by molar-refractivity contribution is 5.78. The van der Waals surface area contributed by atoms with Crippen LogP contribution in [0.1, 0.15) is 18.5 Å². The number of amides is 2. The van der Waals surface area contributed by atoms with Gasteiger partial charge in [0.05, 0.1) is 12.6 Å². The Balaban J connectivity index is 2.14. The van der Waals surface area contributed by atoms with Crippen LogP contribution in [0.4, 0.5) is 0 Å². The van der Waals surface area contributed by atoms with Gasteiger partial charge in [-0.15, -0.1) is 0 Å². The third-order valence-corrected chi connectivity index (χ3v) is 3.70. The molecule has 108 valence electrons. The zero-order chi connectivity index (χ0) is 14.5. The van der Waals surface area contributed by atoms with Crippen LogP contribution in [0.2, 0.25) is 0 Å². The summed E-state index contributed by atoms with van der Waals surface area (Å²) >= 11 is 0. The third kappa shape index (κ3) is 3.36. The molecule has 20 heavy (non-hydrogen) atoms. The Bertz CT molecular complexity index is 475. The normalized spacial score (nSPS) is 19.7. The minimum absolute atomic E-state index is 0.00749. The van der Waals surface area contributed by atoms with Crippen LogP contribution in [0, 0.1) is 0 Å². The average Bonchev–Trinajstić information content (AvgIpc) is 2.47. The highest BCUT2D eigenvalue weighted by Gasteiger charge is 2.30. The van der Waals surface area contributed by atoms with E-state index in [1.807, 2.05) is 35.2 Å². The molecule has 1 aliphatic rings. The number of nitrogens with zero attached hydrogens (tertiary/aromatic N) is 2. The minimum atomic E-state index is 0.00749. The molecule has 0 saturated carbocycles. The highest BCUT2D eigenvalue weighted by Crippen LogP contribution is 2.25. The van der Waals surface area contributed by atoms with Gasteiger partial charge in [-0.2, -0.15) is 0 Å². The van der Waals surface area contributed by atoms with E-state index in [0.717, 1.165) is 12.1 Å². The number of nitrogens with one attached hydrogen (secondary N) is 1.